The number of aliphatic hydroxyl groups excluding tert-OH is 1. The number of unbranched alkanes of at least 4 members (excludes halogenated alkanes) is 1. The molecule has 0 aliphatic heterocycles. The van der Waals surface area contributed by atoms with Gasteiger partial charge in [0.15, 0.2) is 0 Å². The van der Waals surface area contributed by atoms with E-state index in [1.807, 2.05) is 6.92 Å². The SMILES string of the molecule is CCCCC(N)C(=O)NCCCC(C)CO. The second-order valence-corrected chi connectivity index (χ2v) is 4.47. The van der Waals surface area contributed by atoms with Gasteiger partial charge in [0.2, 0.25) is 5.91 Å². The lowest BCUT2D eigenvalue weighted by molar-refractivity contribution is -0.122. The van der Waals surface area contributed by atoms with Crippen molar-refractivity contribution in [1.29, 1.82) is 0 Å². The fraction of sp³-hybridized carbons (Fsp3) is 0.917. The largest absolute Gasteiger partial charge is 0.396 e. The summed E-state index contributed by atoms with van der Waals surface area (Å²) in [6.45, 7) is 4.95. The quantitative estimate of drug-likeness (QED) is 0.518. The second kappa shape index (κ2) is 9.60. The van der Waals surface area contributed by atoms with Crippen LogP contribution in [0.3, 0.4) is 0 Å². The first kappa shape index (κ1) is 15.4. The summed E-state index contributed by atoms with van der Waals surface area (Å²) in [5.41, 5.74) is 5.72. The van der Waals surface area contributed by atoms with Crippen LogP contribution in [0.15, 0.2) is 0 Å². The van der Waals surface area contributed by atoms with Crippen LogP contribution in [0.5, 0.6) is 0 Å². The summed E-state index contributed by atoms with van der Waals surface area (Å²) in [4.78, 5) is 11.5. The van der Waals surface area contributed by atoms with Gasteiger partial charge in [0.05, 0.1) is 6.04 Å². The summed E-state index contributed by atoms with van der Waals surface area (Å²) >= 11 is 0. The highest BCUT2D eigenvalue weighted by molar-refractivity contribution is 5.81. The van der Waals surface area contributed by atoms with Gasteiger partial charge in [-0.15, -0.1) is 0 Å². The minimum Gasteiger partial charge on any atom is -0.396 e. The van der Waals surface area contributed by atoms with Crippen LogP contribution >= 0.6 is 0 Å². The van der Waals surface area contributed by atoms with Gasteiger partial charge in [-0.25, -0.2) is 0 Å². The molecule has 1 amide bonds. The Morgan fingerprint density at radius 3 is 2.62 bits per heavy atom. The summed E-state index contributed by atoms with van der Waals surface area (Å²) in [7, 11) is 0. The van der Waals surface area contributed by atoms with Crippen molar-refractivity contribution in [3.05, 3.63) is 0 Å². The van der Waals surface area contributed by atoms with Crippen LogP contribution < -0.4 is 11.1 Å². The highest BCUT2D eigenvalue weighted by Crippen LogP contribution is 2.03. The van der Waals surface area contributed by atoms with Gasteiger partial charge < -0.3 is 16.2 Å². The predicted molar refractivity (Wildman–Crippen MR) is 66.0 cm³/mol. The number of hydrogen-bond donors (Lipinski definition) is 3. The van der Waals surface area contributed by atoms with E-state index in [4.69, 9.17) is 10.8 Å². The van der Waals surface area contributed by atoms with Crippen molar-refractivity contribution in [1.82, 2.24) is 5.32 Å². The third kappa shape index (κ3) is 7.65. The maximum atomic E-state index is 11.5. The van der Waals surface area contributed by atoms with E-state index < -0.39 is 0 Å². The number of carbonyl (C=O) groups is 1. The average molecular weight is 230 g/mol. The Labute approximate surface area is 98.6 Å². The van der Waals surface area contributed by atoms with Gasteiger partial charge in [0.1, 0.15) is 0 Å². The van der Waals surface area contributed by atoms with Gasteiger partial charge in [0.25, 0.3) is 0 Å². The standard InChI is InChI=1S/C12H26N2O2/c1-3-4-7-11(13)12(16)14-8-5-6-10(2)9-15/h10-11,15H,3-9,13H2,1-2H3,(H,14,16). The van der Waals surface area contributed by atoms with E-state index in [0.717, 1.165) is 32.1 Å². The van der Waals surface area contributed by atoms with Gasteiger partial charge >= 0.3 is 0 Å². The first-order valence-electron chi connectivity index (χ1n) is 6.26. The summed E-state index contributed by atoms with van der Waals surface area (Å²) in [5, 5.41) is 11.6. The van der Waals surface area contributed by atoms with Crippen molar-refractivity contribution in [2.45, 2.75) is 52.0 Å². The molecule has 0 fully saturated rings. The van der Waals surface area contributed by atoms with Crippen molar-refractivity contribution in [3.63, 3.8) is 0 Å². The Kier molecular flexibility index (Phi) is 9.24. The van der Waals surface area contributed by atoms with Gasteiger partial charge in [0, 0.05) is 13.2 Å². The molecule has 0 aromatic rings. The van der Waals surface area contributed by atoms with Crippen LogP contribution in [0.4, 0.5) is 0 Å². The molecular weight excluding hydrogens is 204 g/mol. The van der Waals surface area contributed by atoms with Gasteiger partial charge in [-0.3, -0.25) is 4.79 Å². The Balaban J connectivity index is 3.49. The van der Waals surface area contributed by atoms with Gasteiger partial charge in [-0.05, 0) is 25.2 Å². The topological polar surface area (TPSA) is 75.4 Å². The monoisotopic (exact) mass is 230 g/mol. The lowest BCUT2D eigenvalue weighted by atomic mass is 10.1. The van der Waals surface area contributed by atoms with Crippen LogP contribution in [-0.4, -0.2) is 30.2 Å². The molecule has 96 valence electrons. The highest BCUT2D eigenvalue weighted by atomic mass is 16.3. The van der Waals surface area contributed by atoms with Crippen molar-refractivity contribution in [3.8, 4) is 0 Å². The normalized spacial score (nSPS) is 14.5. The van der Waals surface area contributed by atoms with Crippen molar-refractivity contribution in [2.24, 2.45) is 11.7 Å². The van der Waals surface area contributed by atoms with Crippen LogP contribution in [0.1, 0.15) is 46.0 Å². The van der Waals surface area contributed by atoms with E-state index in [1.54, 1.807) is 0 Å². The van der Waals surface area contributed by atoms with Crippen molar-refractivity contribution in [2.75, 3.05) is 13.2 Å². The van der Waals surface area contributed by atoms with E-state index in [-0.39, 0.29) is 18.6 Å². The molecule has 0 aliphatic rings. The van der Waals surface area contributed by atoms with E-state index in [0.29, 0.717) is 12.5 Å². The zero-order valence-electron chi connectivity index (χ0n) is 10.5. The van der Waals surface area contributed by atoms with E-state index in [2.05, 4.69) is 12.2 Å². The maximum Gasteiger partial charge on any atom is 0.236 e. The molecule has 16 heavy (non-hydrogen) atoms. The summed E-state index contributed by atoms with van der Waals surface area (Å²) in [6.07, 6.45) is 4.65. The summed E-state index contributed by atoms with van der Waals surface area (Å²) in [5.74, 6) is 0.260. The lowest BCUT2D eigenvalue weighted by Crippen LogP contribution is -2.40. The van der Waals surface area contributed by atoms with Crippen molar-refractivity contribution >= 4 is 5.91 Å². The molecule has 0 saturated carbocycles. The fourth-order valence-corrected chi connectivity index (χ4v) is 1.44. The molecule has 2 unspecified atom stereocenters. The Morgan fingerprint density at radius 2 is 2.06 bits per heavy atom. The molecule has 0 aromatic carbocycles. The number of rotatable bonds is 9. The molecule has 4 N–H and O–H groups in total. The lowest BCUT2D eigenvalue weighted by Gasteiger charge is -2.12. The molecule has 0 heterocycles. The van der Waals surface area contributed by atoms with Crippen molar-refractivity contribution < 1.29 is 9.90 Å². The summed E-state index contributed by atoms with van der Waals surface area (Å²) in [6, 6.07) is -0.366. The van der Waals surface area contributed by atoms with Crippen LogP contribution in [0.25, 0.3) is 0 Å². The highest BCUT2D eigenvalue weighted by Gasteiger charge is 2.11. The van der Waals surface area contributed by atoms with E-state index in [1.165, 1.54) is 0 Å². The number of nitrogens with two attached hydrogens (primary N) is 1. The molecule has 4 nitrogen and oxygen atoms in total. The zero-order chi connectivity index (χ0) is 12.4. The smallest absolute Gasteiger partial charge is 0.236 e. The molecule has 0 aromatic heterocycles. The average Bonchev–Trinajstić information content (AvgIpc) is 2.30. The zero-order valence-corrected chi connectivity index (χ0v) is 10.5. The second-order valence-electron chi connectivity index (χ2n) is 4.47. The molecule has 0 saturated heterocycles. The fourth-order valence-electron chi connectivity index (χ4n) is 1.44. The minimum atomic E-state index is -0.366. The number of amides is 1. The summed E-state index contributed by atoms with van der Waals surface area (Å²) < 4.78 is 0. The number of nitrogens with one attached hydrogen (secondary N) is 1. The first-order chi connectivity index (χ1) is 7.61. The molecule has 0 rings (SSSR count). The van der Waals surface area contributed by atoms with Crippen LogP contribution in [-0.2, 0) is 4.79 Å². The van der Waals surface area contributed by atoms with Crippen LogP contribution in [0, 0.1) is 5.92 Å². The Hall–Kier alpha value is -0.610. The Bertz CT molecular complexity index is 186. The third-order valence-corrected chi connectivity index (χ3v) is 2.69. The molecule has 0 radical (unpaired) electrons. The van der Waals surface area contributed by atoms with Crippen LogP contribution in [0.2, 0.25) is 0 Å². The minimum absolute atomic E-state index is 0.0508. The number of hydrogen-bond acceptors (Lipinski definition) is 3. The molecular formula is C12H26N2O2. The van der Waals surface area contributed by atoms with Gasteiger partial charge in [-0.2, -0.15) is 0 Å². The van der Waals surface area contributed by atoms with E-state index in [9.17, 15) is 4.79 Å². The molecule has 2 atom stereocenters. The number of carbonyl (C=O) groups excluding carboxylic acids is 1. The molecule has 0 spiro atoms. The third-order valence-electron chi connectivity index (χ3n) is 2.69. The maximum absolute atomic E-state index is 11.5. The van der Waals surface area contributed by atoms with E-state index >= 15 is 0 Å². The van der Waals surface area contributed by atoms with Gasteiger partial charge in [-0.1, -0.05) is 26.7 Å². The number of aliphatic hydroxyl groups is 1. The Morgan fingerprint density at radius 1 is 1.38 bits per heavy atom. The molecule has 4 heteroatoms. The first-order valence-corrected chi connectivity index (χ1v) is 6.26. The molecule has 0 aliphatic carbocycles. The molecule has 0 bridgehead atoms. The predicted octanol–water partition coefficient (Wildman–Crippen LogP) is 1.03.